The Bertz CT molecular complexity index is 665. The lowest BCUT2D eigenvalue weighted by Crippen LogP contribution is -2.34. The quantitative estimate of drug-likeness (QED) is 0.836. The normalized spacial score (nSPS) is 18.3. The van der Waals surface area contributed by atoms with E-state index in [1.165, 1.54) is 0 Å². The molecule has 0 saturated heterocycles. The Kier molecular flexibility index (Phi) is 4.73. The number of rotatable bonds is 5. The maximum atomic E-state index is 6.41. The van der Waals surface area contributed by atoms with Gasteiger partial charge in [0.25, 0.3) is 5.89 Å². The van der Waals surface area contributed by atoms with E-state index in [9.17, 15) is 0 Å². The van der Waals surface area contributed by atoms with Crippen LogP contribution >= 0.6 is 15.9 Å². The first-order chi connectivity index (χ1) is 11.0. The standard InChI is InChI=1S/C17H22BrN3O2/c1-11(2)14(22-13-8-4-3-7-12(13)18)15-20-16(21-23-15)17(19)9-5-6-10-17/h3-4,7-8,11,14H,5-6,9-10,19H2,1-2H3. The molecule has 1 aliphatic rings. The average Bonchev–Trinajstić information content (AvgIpc) is 3.16. The van der Waals surface area contributed by atoms with E-state index in [4.69, 9.17) is 15.0 Å². The van der Waals surface area contributed by atoms with Gasteiger partial charge in [-0.05, 0) is 46.8 Å². The molecule has 1 aromatic heterocycles. The number of benzene rings is 1. The summed E-state index contributed by atoms with van der Waals surface area (Å²) in [5.41, 5.74) is 5.97. The van der Waals surface area contributed by atoms with Crippen molar-refractivity contribution in [1.82, 2.24) is 10.1 Å². The number of para-hydroxylation sites is 1. The van der Waals surface area contributed by atoms with E-state index in [1.54, 1.807) is 0 Å². The maximum absolute atomic E-state index is 6.41. The SMILES string of the molecule is CC(C)C(Oc1ccccc1Br)c1nc(C2(N)CCCC2)no1. The van der Waals surface area contributed by atoms with Crippen molar-refractivity contribution >= 4 is 15.9 Å². The van der Waals surface area contributed by atoms with Crippen LogP contribution in [0.15, 0.2) is 33.3 Å². The van der Waals surface area contributed by atoms with Gasteiger partial charge in [-0.2, -0.15) is 4.98 Å². The smallest absolute Gasteiger partial charge is 0.268 e. The van der Waals surface area contributed by atoms with E-state index >= 15 is 0 Å². The van der Waals surface area contributed by atoms with Gasteiger partial charge < -0.3 is 15.0 Å². The molecule has 0 spiro atoms. The van der Waals surface area contributed by atoms with Crippen LogP contribution in [0, 0.1) is 5.92 Å². The number of nitrogens with zero attached hydrogens (tertiary/aromatic N) is 2. The van der Waals surface area contributed by atoms with E-state index in [2.05, 4.69) is 39.9 Å². The first-order valence-electron chi connectivity index (χ1n) is 8.04. The number of aromatic nitrogens is 2. The summed E-state index contributed by atoms with van der Waals surface area (Å²) in [5.74, 6) is 2.04. The predicted molar refractivity (Wildman–Crippen MR) is 91.0 cm³/mol. The van der Waals surface area contributed by atoms with Gasteiger partial charge in [-0.25, -0.2) is 0 Å². The van der Waals surface area contributed by atoms with Crippen molar-refractivity contribution in [3.05, 3.63) is 40.5 Å². The monoisotopic (exact) mass is 379 g/mol. The summed E-state index contributed by atoms with van der Waals surface area (Å²) >= 11 is 3.50. The number of ether oxygens (including phenoxy) is 1. The lowest BCUT2D eigenvalue weighted by molar-refractivity contribution is 0.113. The fraction of sp³-hybridized carbons (Fsp3) is 0.529. The Morgan fingerprint density at radius 1 is 1.26 bits per heavy atom. The van der Waals surface area contributed by atoms with Crippen molar-refractivity contribution in [1.29, 1.82) is 0 Å². The Morgan fingerprint density at radius 3 is 2.61 bits per heavy atom. The molecule has 1 fully saturated rings. The molecule has 5 nitrogen and oxygen atoms in total. The van der Waals surface area contributed by atoms with Gasteiger partial charge in [0.2, 0.25) is 0 Å². The summed E-state index contributed by atoms with van der Waals surface area (Å²) in [6.45, 7) is 4.14. The largest absolute Gasteiger partial charge is 0.479 e. The van der Waals surface area contributed by atoms with Crippen LogP contribution in [-0.4, -0.2) is 10.1 Å². The van der Waals surface area contributed by atoms with Gasteiger partial charge in [-0.15, -0.1) is 0 Å². The van der Waals surface area contributed by atoms with Crippen LogP contribution in [0.4, 0.5) is 0 Å². The highest BCUT2D eigenvalue weighted by Crippen LogP contribution is 2.37. The van der Waals surface area contributed by atoms with Crippen LogP contribution < -0.4 is 10.5 Å². The predicted octanol–water partition coefficient (Wildman–Crippen LogP) is 4.34. The molecule has 0 amide bonds. The minimum atomic E-state index is -0.448. The minimum Gasteiger partial charge on any atom is -0.479 e. The highest BCUT2D eigenvalue weighted by Gasteiger charge is 2.37. The van der Waals surface area contributed by atoms with Crippen LogP contribution in [0.2, 0.25) is 0 Å². The van der Waals surface area contributed by atoms with Crippen molar-refractivity contribution in [2.75, 3.05) is 0 Å². The second-order valence-electron chi connectivity index (χ2n) is 6.53. The summed E-state index contributed by atoms with van der Waals surface area (Å²) < 4.78 is 12.5. The first kappa shape index (κ1) is 16.5. The molecule has 1 atom stereocenters. The highest BCUT2D eigenvalue weighted by molar-refractivity contribution is 9.10. The number of hydrogen-bond acceptors (Lipinski definition) is 5. The van der Waals surface area contributed by atoms with E-state index in [0.717, 1.165) is 35.9 Å². The van der Waals surface area contributed by atoms with E-state index in [1.807, 2.05) is 24.3 Å². The minimum absolute atomic E-state index is 0.188. The molecule has 23 heavy (non-hydrogen) atoms. The third-order valence-electron chi connectivity index (χ3n) is 4.32. The van der Waals surface area contributed by atoms with Gasteiger partial charge in [0.15, 0.2) is 11.9 Å². The van der Waals surface area contributed by atoms with Crippen LogP contribution in [-0.2, 0) is 5.54 Å². The number of halogens is 1. The molecule has 2 N–H and O–H groups in total. The van der Waals surface area contributed by atoms with E-state index in [0.29, 0.717) is 11.7 Å². The van der Waals surface area contributed by atoms with Gasteiger partial charge >= 0.3 is 0 Å². The summed E-state index contributed by atoms with van der Waals surface area (Å²) in [6, 6.07) is 7.74. The van der Waals surface area contributed by atoms with Gasteiger partial charge in [0.05, 0.1) is 10.0 Å². The molecule has 1 unspecified atom stereocenters. The lowest BCUT2D eigenvalue weighted by Gasteiger charge is -2.20. The first-order valence-corrected chi connectivity index (χ1v) is 8.83. The summed E-state index contributed by atoms with van der Waals surface area (Å²) in [7, 11) is 0. The Hall–Kier alpha value is -1.40. The molecule has 1 heterocycles. The Morgan fingerprint density at radius 2 is 1.96 bits per heavy atom. The molecule has 0 aliphatic heterocycles. The summed E-state index contributed by atoms with van der Waals surface area (Å²) in [6.07, 6.45) is 3.73. The van der Waals surface area contributed by atoms with Gasteiger partial charge in [0, 0.05) is 0 Å². The Balaban J connectivity index is 1.85. The van der Waals surface area contributed by atoms with Crippen LogP contribution in [0.25, 0.3) is 0 Å². The van der Waals surface area contributed by atoms with E-state index in [-0.39, 0.29) is 12.0 Å². The van der Waals surface area contributed by atoms with Crippen LogP contribution in [0.1, 0.15) is 57.3 Å². The number of nitrogens with two attached hydrogens (primary N) is 1. The molecular formula is C17H22BrN3O2. The van der Waals surface area contributed by atoms with Crippen LogP contribution in [0.3, 0.4) is 0 Å². The number of hydrogen-bond donors (Lipinski definition) is 1. The molecule has 2 aromatic rings. The molecule has 1 aromatic carbocycles. The Labute approximate surface area is 144 Å². The summed E-state index contributed by atoms with van der Waals surface area (Å²) in [4.78, 5) is 4.57. The fourth-order valence-corrected chi connectivity index (χ4v) is 3.31. The fourth-order valence-electron chi connectivity index (χ4n) is 2.93. The third-order valence-corrected chi connectivity index (χ3v) is 4.98. The van der Waals surface area contributed by atoms with Gasteiger partial charge in [-0.3, -0.25) is 0 Å². The third kappa shape index (κ3) is 3.43. The molecule has 124 valence electrons. The molecule has 3 rings (SSSR count). The molecule has 1 saturated carbocycles. The molecule has 0 radical (unpaired) electrons. The second kappa shape index (κ2) is 6.61. The molecule has 1 aliphatic carbocycles. The van der Waals surface area contributed by atoms with Crippen molar-refractivity contribution in [3.8, 4) is 5.75 Å². The van der Waals surface area contributed by atoms with Crippen molar-refractivity contribution in [2.24, 2.45) is 11.7 Å². The zero-order valence-corrected chi connectivity index (χ0v) is 15.0. The van der Waals surface area contributed by atoms with E-state index < -0.39 is 5.54 Å². The average molecular weight is 380 g/mol. The van der Waals surface area contributed by atoms with Gasteiger partial charge in [0.1, 0.15) is 5.75 Å². The van der Waals surface area contributed by atoms with Crippen LogP contribution in [0.5, 0.6) is 5.75 Å². The maximum Gasteiger partial charge on any atom is 0.268 e. The highest BCUT2D eigenvalue weighted by atomic mass is 79.9. The zero-order valence-electron chi connectivity index (χ0n) is 13.5. The van der Waals surface area contributed by atoms with Crippen molar-refractivity contribution in [3.63, 3.8) is 0 Å². The molecule has 0 bridgehead atoms. The molecular weight excluding hydrogens is 358 g/mol. The molecule has 6 heteroatoms. The van der Waals surface area contributed by atoms with Gasteiger partial charge in [-0.1, -0.05) is 44.0 Å². The van der Waals surface area contributed by atoms with Crippen molar-refractivity contribution < 1.29 is 9.26 Å². The topological polar surface area (TPSA) is 74.2 Å². The lowest BCUT2D eigenvalue weighted by atomic mass is 9.98. The van der Waals surface area contributed by atoms with Crippen molar-refractivity contribution in [2.45, 2.75) is 51.2 Å². The second-order valence-corrected chi connectivity index (χ2v) is 7.39. The zero-order chi connectivity index (χ0) is 16.4. The summed E-state index contributed by atoms with van der Waals surface area (Å²) in [5, 5.41) is 4.13.